The number of hydrogen-bond donors (Lipinski definition) is 1. The number of hydrogen-bond acceptors (Lipinski definition) is 5. The number of rotatable bonds is 7. The molecule has 0 bridgehead atoms. The fourth-order valence-electron chi connectivity index (χ4n) is 3.44. The molecule has 7 nitrogen and oxygen atoms in total. The number of pyridine rings is 1. The second-order valence-corrected chi connectivity index (χ2v) is 7.39. The van der Waals surface area contributed by atoms with Crippen LogP contribution in [-0.4, -0.2) is 30.5 Å². The Labute approximate surface area is 184 Å². The summed E-state index contributed by atoms with van der Waals surface area (Å²) in [6, 6.07) is 16.3. The quantitative estimate of drug-likeness (QED) is 0.612. The molecule has 164 valence electrons. The summed E-state index contributed by atoms with van der Waals surface area (Å²) in [5.74, 6) is 0.448. The Balaban J connectivity index is 1.30. The lowest BCUT2D eigenvalue weighted by Crippen LogP contribution is -2.32. The van der Waals surface area contributed by atoms with Crippen molar-refractivity contribution in [3.05, 3.63) is 78.2 Å². The first-order valence-corrected chi connectivity index (χ1v) is 10.1. The number of aromatic nitrogens is 1. The van der Waals surface area contributed by atoms with Crippen LogP contribution in [0.15, 0.2) is 66.9 Å². The summed E-state index contributed by atoms with van der Waals surface area (Å²) in [5, 5.41) is 2.87. The molecule has 2 heterocycles. The lowest BCUT2D eigenvalue weighted by atomic mass is 10.1. The van der Waals surface area contributed by atoms with Crippen molar-refractivity contribution in [2.75, 3.05) is 18.6 Å². The van der Waals surface area contributed by atoms with Gasteiger partial charge in [0.25, 0.3) is 0 Å². The first-order valence-electron chi connectivity index (χ1n) is 10.1. The van der Waals surface area contributed by atoms with E-state index in [2.05, 4.69) is 10.3 Å². The molecule has 0 saturated carbocycles. The number of ether oxygens (including phenoxy) is 2. The van der Waals surface area contributed by atoms with Crippen molar-refractivity contribution >= 4 is 17.5 Å². The predicted molar refractivity (Wildman–Crippen MR) is 116 cm³/mol. The Morgan fingerprint density at radius 3 is 2.69 bits per heavy atom. The zero-order valence-electron chi connectivity index (χ0n) is 17.5. The van der Waals surface area contributed by atoms with Crippen LogP contribution in [0, 0.1) is 11.7 Å². The minimum Gasteiger partial charge on any atom is -0.497 e. The van der Waals surface area contributed by atoms with Crippen molar-refractivity contribution < 1.29 is 23.5 Å². The molecule has 0 radical (unpaired) electrons. The third-order valence-electron chi connectivity index (χ3n) is 5.16. The van der Waals surface area contributed by atoms with Gasteiger partial charge in [-0.2, -0.15) is 0 Å². The van der Waals surface area contributed by atoms with E-state index in [-0.39, 0.29) is 30.6 Å². The van der Waals surface area contributed by atoms with Crippen molar-refractivity contribution in [2.24, 2.45) is 5.92 Å². The monoisotopic (exact) mass is 435 g/mol. The van der Waals surface area contributed by atoms with E-state index in [1.54, 1.807) is 42.5 Å². The maximum Gasteiger partial charge on any atom is 0.227 e. The normalized spacial score (nSPS) is 15.5. The van der Waals surface area contributed by atoms with Gasteiger partial charge >= 0.3 is 0 Å². The van der Waals surface area contributed by atoms with Gasteiger partial charge in [0.2, 0.25) is 17.7 Å². The molecule has 32 heavy (non-hydrogen) atoms. The Morgan fingerprint density at radius 2 is 1.97 bits per heavy atom. The summed E-state index contributed by atoms with van der Waals surface area (Å²) in [6.07, 6.45) is 1.76. The number of methoxy groups -OCH3 is 1. The second kappa shape index (κ2) is 9.47. The molecule has 4 rings (SSSR count). The number of halogens is 1. The molecule has 1 atom stereocenters. The van der Waals surface area contributed by atoms with Gasteiger partial charge in [0, 0.05) is 43.5 Å². The van der Waals surface area contributed by atoms with Crippen molar-refractivity contribution in [2.45, 2.75) is 13.0 Å². The SMILES string of the molecule is COc1cccc(N2CC(C(=O)NCc3ccc(Oc4ccc(F)cc4)nc3)CC2=O)c1. The molecule has 2 amide bonds. The molecule has 0 spiro atoms. The van der Waals surface area contributed by atoms with Gasteiger partial charge in [-0.05, 0) is 42.0 Å². The standard InChI is InChI=1S/C24H22FN3O4/c1-31-21-4-2-3-19(12-21)28-15-17(11-23(28)29)24(30)27-14-16-5-10-22(26-13-16)32-20-8-6-18(25)7-9-20/h2-10,12-13,17H,11,14-15H2,1H3,(H,27,30). The summed E-state index contributed by atoms with van der Waals surface area (Å²) >= 11 is 0. The molecule has 1 fully saturated rings. The van der Waals surface area contributed by atoms with Crippen LogP contribution >= 0.6 is 0 Å². The fraction of sp³-hybridized carbons (Fsp3) is 0.208. The van der Waals surface area contributed by atoms with Crippen molar-refractivity contribution in [1.29, 1.82) is 0 Å². The lowest BCUT2D eigenvalue weighted by Gasteiger charge is -2.17. The minimum absolute atomic E-state index is 0.0950. The number of nitrogens with zero attached hydrogens (tertiary/aromatic N) is 2. The Bertz CT molecular complexity index is 1100. The van der Waals surface area contributed by atoms with E-state index in [1.807, 2.05) is 12.1 Å². The fourth-order valence-corrected chi connectivity index (χ4v) is 3.44. The minimum atomic E-state index is -0.428. The number of amides is 2. The number of benzene rings is 2. The average molecular weight is 435 g/mol. The lowest BCUT2D eigenvalue weighted by molar-refractivity contribution is -0.126. The Morgan fingerprint density at radius 1 is 1.16 bits per heavy atom. The van der Waals surface area contributed by atoms with Crippen LogP contribution in [0.3, 0.4) is 0 Å². The zero-order chi connectivity index (χ0) is 22.5. The predicted octanol–water partition coefficient (Wildman–Crippen LogP) is 3.69. The molecule has 0 aliphatic carbocycles. The summed E-state index contributed by atoms with van der Waals surface area (Å²) in [7, 11) is 1.57. The van der Waals surface area contributed by atoms with Gasteiger partial charge in [0.05, 0.1) is 13.0 Å². The largest absolute Gasteiger partial charge is 0.497 e. The first-order chi connectivity index (χ1) is 15.5. The van der Waals surface area contributed by atoms with Crippen LogP contribution in [0.1, 0.15) is 12.0 Å². The van der Waals surface area contributed by atoms with Crippen LogP contribution < -0.4 is 19.7 Å². The van der Waals surface area contributed by atoms with Gasteiger partial charge in [-0.1, -0.05) is 12.1 Å². The summed E-state index contributed by atoms with van der Waals surface area (Å²) in [6.45, 7) is 0.604. The molecular weight excluding hydrogens is 413 g/mol. The van der Waals surface area contributed by atoms with Crippen LogP contribution in [0.5, 0.6) is 17.4 Å². The Hall–Kier alpha value is -3.94. The molecule has 1 N–H and O–H groups in total. The zero-order valence-corrected chi connectivity index (χ0v) is 17.5. The van der Waals surface area contributed by atoms with Crippen molar-refractivity contribution in [3.63, 3.8) is 0 Å². The van der Waals surface area contributed by atoms with E-state index in [4.69, 9.17) is 9.47 Å². The molecule has 1 saturated heterocycles. The van der Waals surface area contributed by atoms with E-state index >= 15 is 0 Å². The second-order valence-electron chi connectivity index (χ2n) is 7.39. The first kappa shape index (κ1) is 21.3. The van der Waals surface area contributed by atoms with Crippen LogP contribution in [-0.2, 0) is 16.1 Å². The highest BCUT2D eigenvalue weighted by Crippen LogP contribution is 2.28. The van der Waals surface area contributed by atoms with Gasteiger partial charge in [-0.3, -0.25) is 9.59 Å². The van der Waals surface area contributed by atoms with E-state index in [1.165, 1.54) is 24.3 Å². The Kier molecular flexibility index (Phi) is 6.30. The maximum absolute atomic E-state index is 13.0. The third kappa shape index (κ3) is 5.03. The highest BCUT2D eigenvalue weighted by Gasteiger charge is 2.35. The van der Waals surface area contributed by atoms with Crippen LogP contribution in [0.4, 0.5) is 10.1 Å². The molecule has 1 unspecified atom stereocenters. The molecular formula is C24H22FN3O4. The smallest absolute Gasteiger partial charge is 0.227 e. The van der Waals surface area contributed by atoms with Crippen LogP contribution in [0.25, 0.3) is 0 Å². The van der Waals surface area contributed by atoms with Gasteiger partial charge in [0.15, 0.2) is 0 Å². The van der Waals surface area contributed by atoms with Gasteiger partial charge < -0.3 is 19.7 Å². The number of nitrogens with one attached hydrogen (secondary N) is 1. The van der Waals surface area contributed by atoms with E-state index in [0.717, 1.165) is 5.56 Å². The summed E-state index contributed by atoms with van der Waals surface area (Å²) in [5.41, 5.74) is 1.50. The topological polar surface area (TPSA) is 80.8 Å². The molecule has 2 aromatic carbocycles. The van der Waals surface area contributed by atoms with Gasteiger partial charge in [0.1, 0.15) is 17.3 Å². The van der Waals surface area contributed by atoms with Crippen LogP contribution in [0.2, 0.25) is 0 Å². The number of carbonyl (C=O) groups is 2. The highest BCUT2D eigenvalue weighted by atomic mass is 19.1. The number of anilines is 1. The molecule has 1 aliphatic rings. The van der Waals surface area contributed by atoms with E-state index in [9.17, 15) is 14.0 Å². The number of carbonyl (C=O) groups excluding carboxylic acids is 2. The maximum atomic E-state index is 13.0. The average Bonchev–Trinajstić information content (AvgIpc) is 3.21. The van der Waals surface area contributed by atoms with Gasteiger partial charge in [-0.15, -0.1) is 0 Å². The van der Waals surface area contributed by atoms with Crippen molar-refractivity contribution in [3.8, 4) is 17.4 Å². The third-order valence-corrected chi connectivity index (χ3v) is 5.16. The van der Waals surface area contributed by atoms with Crippen molar-refractivity contribution in [1.82, 2.24) is 10.3 Å². The molecule has 1 aromatic heterocycles. The molecule has 3 aromatic rings. The van der Waals surface area contributed by atoms with E-state index in [0.29, 0.717) is 29.6 Å². The summed E-state index contributed by atoms with van der Waals surface area (Å²) < 4.78 is 23.7. The van der Waals surface area contributed by atoms with Gasteiger partial charge in [-0.25, -0.2) is 9.37 Å². The molecule has 1 aliphatic heterocycles. The molecule has 8 heteroatoms. The highest BCUT2D eigenvalue weighted by molar-refractivity contribution is 6.00. The van der Waals surface area contributed by atoms with E-state index < -0.39 is 5.92 Å². The summed E-state index contributed by atoms with van der Waals surface area (Å²) in [4.78, 5) is 30.9.